The van der Waals surface area contributed by atoms with Crippen LogP contribution >= 0.6 is 0 Å². The van der Waals surface area contributed by atoms with Crippen LogP contribution in [-0.2, 0) is 9.59 Å². The Hall–Kier alpha value is -1.62. The molecule has 0 saturated heterocycles. The molecule has 0 spiro atoms. The molecule has 1 unspecified atom stereocenters. The average Bonchev–Trinajstić information content (AvgIpc) is 2.17. The fraction of sp³-hybridized carbons (Fsp3) is 0.400. The summed E-state index contributed by atoms with van der Waals surface area (Å²) in [7, 11) is 0. The number of hydrogen-bond acceptors (Lipinski definition) is 3. The van der Waals surface area contributed by atoms with Gasteiger partial charge in [0.25, 0.3) is 0 Å². The van der Waals surface area contributed by atoms with Crippen LogP contribution in [0.3, 0.4) is 0 Å². The Morgan fingerprint density at radius 1 is 1.40 bits per heavy atom. The first-order chi connectivity index (χ1) is 6.88. The van der Waals surface area contributed by atoms with Crippen LogP contribution in [0, 0.1) is 5.41 Å². The van der Waals surface area contributed by atoms with Gasteiger partial charge in [0.15, 0.2) is 0 Å². The van der Waals surface area contributed by atoms with E-state index in [9.17, 15) is 9.59 Å². The number of aliphatic carboxylic acids is 2. The van der Waals surface area contributed by atoms with Gasteiger partial charge in [-0.1, -0.05) is 13.0 Å². The van der Waals surface area contributed by atoms with Crippen molar-refractivity contribution < 1.29 is 24.9 Å². The van der Waals surface area contributed by atoms with E-state index in [0.717, 1.165) is 6.08 Å². The third-order valence-corrected chi connectivity index (χ3v) is 2.31. The molecule has 0 fully saturated rings. The first-order valence-electron chi connectivity index (χ1n) is 4.39. The monoisotopic (exact) mass is 212 g/mol. The van der Waals surface area contributed by atoms with Crippen LogP contribution in [-0.4, -0.2) is 33.9 Å². The van der Waals surface area contributed by atoms with Crippen molar-refractivity contribution in [2.24, 2.45) is 5.41 Å². The molecule has 0 bridgehead atoms. The van der Waals surface area contributed by atoms with Crippen molar-refractivity contribution in [3.63, 3.8) is 0 Å². The van der Waals surface area contributed by atoms with Crippen LogP contribution in [0.4, 0.5) is 0 Å². The standard InChI is InChI=1S/C10H12O5/c1-10(5-11)3-6(8(12)13)2-7(4-10)9(14)15/h2-3,11H,4-5H2,1H3,(H,12,13)(H,14,15). The first kappa shape index (κ1) is 11.5. The van der Waals surface area contributed by atoms with Gasteiger partial charge < -0.3 is 15.3 Å². The molecule has 1 aliphatic rings. The molecule has 0 amide bonds. The molecule has 1 aliphatic carbocycles. The van der Waals surface area contributed by atoms with E-state index >= 15 is 0 Å². The molecule has 0 aromatic carbocycles. The molecule has 0 aliphatic heterocycles. The molecular weight excluding hydrogens is 200 g/mol. The van der Waals surface area contributed by atoms with E-state index in [4.69, 9.17) is 15.3 Å². The third kappa shape index (κ3) is 2.44. The topological polar surface area (TPSA) is 94.8 Å². The summed E-state index contributed by atoms with van der Waals surface area (Å²) < 4.78 is 0. The normalized spacial score (nSPS) is 25.5. The highest BCUT2D eigenvalue weighted by Gasteiger charge is 2.30. The Morgan fingerprint density at radius 2 is 2.00 bits per heavy atom. The fourth-order valence-corrected chi connectivity index (χ4v) is 1.50. The van der Waals surface area contributed by atoms with Crippen molar-refractivity contribution in [1.82, 2.24) is 0 Å². The predicted molar refractivity (Wildman–Crippen MR) is 51.2 cm³/mol. The van der Waals surface area contributed by atoms with E-state index in [2.05, 4.69) is 0 Å². The van der Waals surface area contributed by atoms with Crippen molar-refractivity contribution in [3.05, 3.63) is 23.3 Å². The molecule has 0 aromatic rings. The highest BCUT2D eigenvalue weighted by atomic mass is 16.4. The minimum absolute atomic E-state index is 0.00597. The van der Waals surface area contributed by atoms with Gasteiger partial charge in [-0.3, -0.25) is 0 Å². The van der Waals surface area contributed by atoms with Crippen LogP contribution in [0.1, 0.15) is 13.3 Å². The zero-order chi connectivity index (χ0) is 11.6. The lowest BCUT2D eigenvalue weighted by Gasteiger charge is -2.27. The lowest BCUT2D eigenvalue weighted by molar-refractivity contribution is -0.133. The Balaban J connectivity index is 3.13. The van der Waals surface area contributed by atoms with Gasteiger partial charge in [-0.2, -0.15) is 0 Å². The van der Waals surface area contributed by atoms with E-state index < -0.39 is 17.4 Å². The van der Waals surface area contributed by atoms with Gasteiger partial charge in [0, 0.05) is 11.0 Å². The molecular formula is C10H12O5. The van der Waals surface area contributed by atoms with Gasteiger partial charge in [-0.05, 0) is 12.5 Å². The summed E-state index contributed by atoms with van der Waals surface area (Å²) in [6.07, 6.45) is 2.65. The lowest BCUT2D eigenvalue weighted by Crippen LogP contribution is -2.26. The van der Waals surface area contributed by atoms with Crippen molar-refractivity contribution in [2.45, 2.75) is 13.3 Å². The minimum atomic E-state index is -1.19. The molecule has 5 nitrogen and oxygen atoms in total. The summed E-state index contributed by atoms with van der Waals surface area (Å²) in [5.74, 6) is -2.34. The van der Waals surface area contributed by atoms with Crippen molar-refractivity contribution in [1.29, 1.82) is 0 Å². The number of rotatable bonds is 3. The van der Waals surface area contributed by atoms with E-state index in [-0.39, 0.29) is 24.2 Å². The van der Waals surface area contributed by atoms with Crippen LogP contribution in [0.25, 0.3) is 0 Å². The molecule has 0 aromatic heterocycles. The van der Waals surface area contributed by atoms with Crippen LogP contribution in [0.5, 0.6) is 0 Å². The van der Waals surface area contributed by atoms with Crippen molar-refractivity contribution in [3.8, 4) is 0 Å². The molecule has 3 N–H and O–H groups in total. The van der Waals surface area contributed by atoms with Crippen LogP contribution in [0.15, 0.2) is 23.3 Å². The Kier molecular flexibility index (Phi) is 2.95. The summed E-state index contributed by atoms with van der Waals surface area (Å²) >= 11 is 0. The van der Waals surface area contributed by atoms with Gasteiger partial charge >= 0.3 is 11.9 Å². The number of carbonyl (C=O) groups is 2. The number of aliphatic hydroxyl groups is 1. The second-order valence-electron chi connectivity index (χ2n) is 3.87. The molecule has 1 atom stereocenters. The molecule has 5 heteroatoms. The summed E-state index contributed by atoms with van der Waals surface area (Å²) in [4.78, 5) is 21.5. The second kappa shape index (κ2) is 3.86. The lowest BCUT2D eigenvalue weighted by atomic mass is 9.78. The Labute approximate surface area is 86.3 Å². The van der Waals surface area contributed by atoms with Crippen LogP contribution in [0.2, 0.25) is 0 Å². The predicted octanol–water partition coefficient (Wildman–Crippen LogP) is 0.411. The first-order valence-corrected chi connectivity index (χ1v) is 4.39. The van der Waals surface area contributed by atoms with Crippen molar-refractivity contribution >= 4 is 11.9 Å². The third-order valence-electron chi connectivity index (χ3n) is 2.31. The fourth-order valence-electron chi connectivity index (χ4n) is 1.50. The summed E-state index contributed by atoms with van der Waals surface area (Å²) in [5, 5.41) is 26.7. The van der Waals surface area contributed by atoms with E-state index in [1.807, 2.05) is 0 Å². The van der Waals surface area contributed by atoms with Crippen molar-refractivity contribution in [2.75, 3.05) is 6.61 Å². The van der Waals surface area contributed by atoms with Crippen LogP contribution < -0.4 is 0 Å². The van der Waals surface area contributed by atoms with Gasteiger partial charge in [0.05, 0.1) is 12.2 Å². The molecule has 82 valence electrons. The maximum atomic E-state index is 10.8. The highest BCUT2D eigenvalue weighted by molar-refractivity contribution is 5.95. The largest absolute Gasteiger partial charge is 0.478 e. The molecule has 1 rings (SSSR count). The summed E-state index contributed by atoms with van der Waals surface area (Å²) in [6, 6.07) is 0. The van der Waals surface area contributed by atoms with Gasteiger partial charge in [0.1, 0.15) is 0 Å². The Bertz CT molecular complexity index is 366. The Morgan fingerprint density at radius 3 is 2.40 bits per heavy atom. The van der Waals surface area contributed by atoms with E-state index in [1.54, 1.807) is 6.92 Å². The number of carboxylic acids is 2. The van der Waals surface area contributed by atoms with E-state index in [0.29, 0.717) is 0 Å². The zero-order valence-corrected chi connectivity index (χ0v) is 8.23. The van der Waals surface area contributed by atoms with E-state index in [1.165, 1.54) is 6.08 Å². The molecule has 15 heavy (non-hydrogen) atoms. The number of carboxylic acid groups (broad SMARTS) is 2. The zero-order valence-electron chi connectivity index (χ0n) is 8.23. The molecule has 0 saturated carbocycles. The summed E-state index contributed by atoms with van der Waals surface area (Å²) in [6.45, 7) is 1.33. The molecule has 0 heterocycles. The smallest absolute Gasteiger partial charge is 0.335 e. The number of aliphatic hydroxyl groups excluding tert-OH is 1. The minimum Gasteiger partial charge on any atom is -0.478 e. The average molecular weight is 212 g/mol. The quantitative estimate of drug-likeness (QED) is 0.629. The highest BCUT2D eigenvalue weighted by Crippen LogP contribution is 2.33. The van der Waals surface area contributed by atoms with Gasteiger partial charge in [0.2, 0.25) is 0 Å². The maximum Gasteiger partial charge on any atom is 0.335 e. The van der Waals surface area contributed by atoms with Gasteiger partial charge in [-0.25, -0.2) is 9.59 Å². The SMILES string of the molecule is CC1(CO)C=C(C(=O)O)C=C(C(=O)O)C1. The maximum absolute atomic E-state index is 10.8. The second-order valence-corrected chi connectivity index (χ2v) is 3.87. The van der Waals surface area contributed by atoms with Gasteiger partial charge in [-0.15, -0.1) is 0 Å². The number of hydrogen-bond donors (Lipinski definition) is 3. The molecule has 0 radical (unpaired) electrons. The summed E-state index contributed by atoms with van der Waals surface area (Å²) in [5.41, 5.74) is -0.891.